The second-order valence-corrected chi connectivity index (χ2v) is 11.1. The number of aryl methyl sites for hydroxylation is 1. The van der Waals surface area contributed by atoms with Crippen LogP contribution in [0.5, 0.6) is 0 Å². The van der Waals surface area contributed by atoms with E-state index in [-0.39, 0.29) is 11.5 Å². The maximum atomic E-state index is 12.3. The highest BCUT2D eigenvalue weighted by Crippen LogP contribution is 2.16. The molecule has 0 amide bonds. The molecule has 5 nitrogen and oxygen atoms in total. The minimum Gasteiger partial charge on any atom is -0.394 e. The van der Waals surface area contributed by atoms with Crippen molar-refractivity contribution < 1.29 is 22.4 Å². The first-order valence-corrected chi connectivity index (χ1v) is 15.1. The first kappa shape index (κ1) is 31.1. The number of ether oxygens (including phenoxy) is 1. The van der Waals surface area contributed by atoms with Gasteiger partial charge in [-0.25, -0.2) is 0 Å². The second kappa shape index (κ2) is 20.3. The fourth-order valence-electron chi connectivity index (χ4n) is 4.02. The predicted molar refractivity (Wildman–Crippen MR) is 141 cm³/mol. The van der Waals surface area contributed by atoms with E-state index in [1.54, 1.807) is 12.1 Å². The molecular weight excluding hydrogens is 448 g/mol. The van der Waals surface area contributed by atoms with Crippen molar-refractivity contribution in [2.24, 2.45) is 0 Å². The minimum atomic E-state index is -3.90. The van der Waals surface area contributed by atoms with Crippen molar-refractivity contribution in [1.29, 1.82) is 0 Å². The van der Waals surface area contributed by atoms with Gasteiger partial charge in [-0.2, -0.15) is 8.42 Å². The number of aliphatic hydroxyl groups is 1. The van der Waals surface area contributed by atoms with Gasteiger partial charge in [-0.1, -0.05) is 121 Å². The van der Waals surface area contributed by atoms with Crippen LogP contribution in [-0.2, 0) is 19.0 Å². The Balaban J connectivity index is 1.94. The average Bonchev–Trinajstić information content (AvgIpc) is 2.82. The van der Waals surface area contributed by atoms with E-state index in [4.69, 9.17) is 8.92 Å². The molecule has 198 valence electrons. The Kier molecular flexibility index (Phi) is 18.5. The minimum absolute atomic E-state index is 0.0698. The molecule has 0 saturated heterocycles. The molecule has 6 heteroatoms. The van der Waals surface area contributed by atoms with E-state index in [9.17, 15) is 13.5 Å². The Morgan fingerprint density at radius 2 is 1.18 bits per heavy atom. The summed E-state index contributed by atoms with van der Waals surface area (Å²) in [6.45, 7) is 4.39. The molecular formula is C28H50O5S. The second-order valence-electron chi connectivity index (χ2n) is 9.55. The quantitative estimate of drug-likeness (QED) is 0.126. The van der Waals surface area contributed by atoms with Crippen molar-refractivity contribution in [3.63, 3.8) is 0 Å². The lowest BCUT2D eigenvalue weighted by Crippen LogP contribution is -2.27. The summed E-state index contributed by atoms with van der Waals surface area (Å²) in [6, 6.07) is 6.46. The van der Waals surface area contributed by atoms with Gasteiger partial charge in [-0.15, -0.1) is 0 Å². The Bertz CT molecular complexity index is 687. The predicted octanol–water partition coefficient (Wildman–Crippen LogP) is 7.34. The highest BCUT2D eigenvalue weighted by Gasteiger charge is 2.21. The molecule has 1 aromatic carbocycles. The summed E-state index contributed by atoms with van der Waals surface area (Å²) < 4.78 is 35.3. The van der Waals surface area contributed by atoms with E-state index in [0.29, 0.717) is 6.61 Å². The normalized spacial score (nSPS) is 12.8. The molecule has 1 N–H and O–H groups in total. The third-order valence-corrected chi connectivity index (χ3v) is 7.60. The SMILES string of the molecule is CCCCCCCCCCCCCCCCCCOC[C@H](CO)OS(=O)(=O)c1ccc(C)cc1. The van der Waals surface area contributed by atoms with Crippen LogP contribution in [0.25, 0.3) is 0 Å². The van der Waals surface area contributed by atoms with Crippen LogP contribution < -0.4 is 0 Å². The lowest BCUT2D eigenvalue weighted by molar-refractivity contribution is 0.0220. The first-order chi connectivity index (χ1) is 16.5. The zero-order valence-electron chi connectivity index (χ0n) is 21.8. The smallest absolute Gasteiger partial charge is 0.297 e. The lowest BCUT2D eigenvalue weighted by Gasteiger charge is -2.15. The number of unbranched alkanes of at least 4 members (excludes halogenated alkanes) is 15. The summed E-state index contributed by atoms with van der Waals surface area (Å²) in [7, 11) is -3.90. The van der Waals surface area contributed by atoms with Crippen LogP contribution in [0, 0.1) is 6.92 Å². The Labute approximate surface area is 209 Å². The fraction of sp³-hybridized carbons (Fsp3) is 0.786. The average molecular weight is 499 g/mol. The molecule has 0 bridgehead atoms. The molecule has 0 spiro atoms. The van der Waals surface area contributed by atoms with E-state index in [1.165, 1.54) is 102 Å². The van der Waals surface area contributed by atoms with Crippen molar-refractivity contribution in [2.75, 3.05) is 19.8 Å². The van der Waals surface area contributed by atoms with E-state index < -0.39 is 22.8 Å². The van der Waals surface area contributed by atoms with Gasteiger partial charge in [0.2, 0.25) is 0 Å². The van der Waals surface area contributed by atoms with Gasteiger partial charge in [0, 0.05) is 6.61 Å². The summed E-state index contributed by atoms with van der Waals surface area (Å²) >= 11 is 0. The van der Waals surface area contributed by atoms with Crippen LogP contribution in [0.2, 0.25) is 0 Å². The molecule has 34 heavy (non-hydrogen) atoms. The Morgan fingerprint density at radius 3 is 1.62 bits per heavy atom. The van der Waals surface area contributed by atoms with Gasteiger partial charge in [0.05, 0.1) is 18.1 Å². The van der Waals surface area contributed by atoms with Crippen molar-refractivity contribution in [1.82, 2.24) is 0 Å². The van der Waals surface area contributed by atoms with Crippen LogP contribution >= 0.6 is 0 Å². The van der Waals surface area contributed by atoms with Gasteiger partial charge in [0.15, 0.2) is 0 Å². The van der Waals surface area contributed by atoms with E-state index >= 15 is 0 Å². The molecule has 0 aliphatic carbocycles. The lowest BCUT2D eigenvalue weighted by atomic mass is 10.0. The molecule has 0 aliphatic heterocycles. The number of rotatable bonds is 23. The molecule has 1 rings (SSSR count). The van der Waals surface area contributed by atoms with Gasteiger partial charge < -0.3 is 9.84 Å². The molecule has 0 aliphatic rings. The van der Waals surface area contributed by atoms with Crippen LogP contribution in [0.4, 0.5) is 0 Å². The van der Waals surface area contributed by atoms with Gasteiger partial charge >= 0.3 is 0 Å². The topological polar surface area (TPSA) is 72.8 Å². The molecule has 0 radical (unpaired) electrons. The zero-order chi connectivity index (χ0) is 24.9. The number of benzene rings is 1. The van der Waals surface area contributed by atoms with Gasteiger partial charge in [-0.05, 0) is 25.5 Å². The number of hydrogen-bond acceptors (Lipinski definition) is 5. The molecule has 0 unspecified atom stereocenters. The summed E-state index contributed by atoms with van der Waals surface area (Å²) in [4.78, 5) is 0.0920. The van der Waals surface area contributed by atoms with E-state index in [0.717, 1.165) is 18.4 Å². The Hall–Kier alpha value is -0.950. The molecule has 0 heterocycles. The molecule has 1 aromatic rings. The third-order valence-electron chi connectivity index (χ3n) is 6.22. The van der Waals surface area contributed by atoms with Crippen molar-refractivity contribution in [3.05, 3.63) is 29.8 Å². The molecule has 0 fully saturated rings. The van der Waals surface area contributed by atoms with Crippen LogP contribution in [0.15, 0.2) is 29.2 Å². The van der Waals surface area contributed by atoms with Crippen molar-refractivity contribution in [2.45, 2.75) is 128 Å². The molecule has 0 aromatic heterocycles. The zero-order valence-corrected chi connectivity index (χ0v) is 22.6. The summed E-state index contributed by atoms with van der Waals surface area (Å²) in [5.41, 5.74) is 0.972. The fourth-order valence-corrected chi connectivity index (χ4v) is 5.07. The van der Waals surface area contributed by atoms with Crippen molar-refractivity contribution in [3.8, 4) is 0 Å². The highest BCUT2D eigenvalue weighted by atomic mass is 32.2. The monoisotopic (exact) mass is 498 g/mol. The maximum Gasteiger partial charge on any atom is 0.297 e. The standard InChI is InChI=1S/C28H50O5S/c1-3-4-5-6-7-8-9-10-11-12-13-14-15-16-17-18-23-32-25-27(24-29)33-34(30,31)28-21-19-26(2)20-22-28/h19-22,27,29H,3-18,23-25H2,1-2H3/t27-/m0/s1. The van der Waals surface area contributed by atoms with Gasteiger partial charge in [-0.3, -0.25) is 4.18 Å². The number of aliphatic hydroxyl groups excluding tert-OH is 1. The largest absolute Gasteiger partial charge is 0.394 e. The summed E-state index contributed by atoms with van der Waals surface area (Å²) in [6.07, 6.45) is 20.3. The maximum absolute atomic E-state index is 12.3. The Morgan fingerprint density at radius 1 is 0.735 bits per heavy atom. The first-order valence-electron chi connectivity index (χ1n) is 13.7. The van der Waals surface area contributed by atoms with Gasteiger partial charge in [0.1, 0.15) is 6.10 Å². The third kappa shape index (κ3) is 15.9. The molecule has 1 atom stereocenters. The summed E-state index contributed by atoms with van der Waals surface area (Å²) in [5.74, 6) is 0. The number of hydrogen-bond donors (Lipinski definition) is 1. The highest BCUT2D eigenvalue weighted by molar-refractivity contribution is 7.86. The van der Waals surface area contributed by atoms with E-state index in [2.05, 4.69) is 6.92 Å². The van der Waals surface area contributed by atoms with Crippen LogP contribution in [0.3, 0.4) is 0 Å². The van der Waals surface area contributed by atoms with Crippen molar-refractivity contribution >= 4 is 10.1 Å². The van der Waals surface area contributed by atoms with Crippen LogP contribution in [0.1, 0.15) is 115 Å². The molecule has 0 saturated carbocycles. The van der Waals surface area contributed by atoms with Crippen LogP contribution in [-0.4, -0.2) is 39.4 Å². The van der Waals surface area contributed by atoms with Gasteiger partial charge in [0.25, 0.3) is 10.1 Å². The summed E-state index contributed by atoms with van der Waals surface area (Å²) in [5, 5.41) is 9.45. The van der Waals surface area contributed by atoms with E-state index in [1.807, 2.05) is 6.92 Å².